The molecule has 0 unspecified atom stereocenters. The molecule has 0 aromatic heterocycles. The smallest absolute Gasteiger partial charge is 0.313 e. The first-order valence-corrected chi connectivity index (χ1v) is 9.83. The van der Waals surface area contributed by atoms with Gasteiger partial charge in [0.1, 0.15) is 5.75 Å². The first-order chi connectivity index (χ1) is 14.1. The van der Waals surface area contributed by atoms with Gasteiger partial charge in [-0.3, -0.25) is 14.5 Å². The van der Waals surface area contributed by atoms with Crippen LogP contribution in [0.3, 0.4) is 0 Å². The van der Waals surface area contributed by atoms with Crippen molar-refractivity contribution in [1.82, 2.24) is 10.2 Å². The van der Waals surface area contributed by atoms with Crippen LogP contribution in [0.2, 0.25) is 0 Å². The van der Waals surface area contributed by atoms with Gasteiger partial charge in [-0.05, 0) is 36.8 Å². The fourth-order valence-electron chi connectivity index (χ4n) is 3.37. The molecule has 3 rings (SSSR count). The molecule has 7 heteroatoms. The molecule has 2 N–H and O–H groups in total. The average molecular weight is 396 g/mol. The molecule has 1 aliphatic rings. The molecule has 0 atom stereocenters. The normalized spacial score (nSPS) is 14.3. The van der Waals surface area contributed by atoms with Gasteiger partial charge >= 0.3 is 11.8 Å². The molecule has 2 aromatic carbocycles. The molecule has 1 aliphatic heterocycles. The summed E-state index contributed by atoms with van der Waals surface area (Å²) in [6.07, 6.45) is 0. The van der Waals surface area contributed by atoms with Crippen LogP contribution in [0.25, 0.3) is 0 Å². The molecule has 2 aromatic rings. The van der Waals surface area contributed by atoms with Crippen molar-refractivity contribution in [3.8, 4) is 5.75 Å². The molecule has 0 aliphatic carbocycles. The van der Waals surface area contributed by atoms with Gasteiger partial charge in [-0.2, -0.15) is 0 Å². The predicted molar refractivity (Wildman–Crippen MR) is 114 cm³/mol. The Labute approximate surface area is 171 Å². The molecule has 0 bridgehead atoms. The number of amides is 2. The number of ether oxygens (including phenoxy) is 1. The number of anilines is 2. The number of nitrogens with zero attached hydrogens (tertiary/aromatic N) is 2. The summed E-state index contributed by atoms with van der Waals surface area (Å²) in [4.78, 5) is 28.9. The van der Waals surface area contributed by atoms with Crippen molar-refractivity contribution in [2.24, 2.45) is 0 Å². The maximum absolute atomic E-state index is 12.2. The number of hydrogen-bond acceptors (Lipinski definition) is 5. The number of para-hydroxylation sites is 1. The first-order valence-electron chi connectivity index (χ1n) is 9.83. The van der Waals surface area contributed by atoms with Gasteiger partial charge in [-0.15, -0.1) is 0 Å². The summed E-state index contributed by atoms with van der Waals surface area (Å²) in [5.41, 5.74) is 2.70. The predicted octanol–water partition coefficient (Wildman–Crippen LogP) is 1.88. The molecular weight excluding hydrogens is 368 g/mol. The Bertz CT molecular complexity index is 833. The number of nitrogens with one attached hydrogen (secondary N) is 2. The van der Waals surface area contributed by atoms with Crippen molar-refractivity contribution in [2.45, 2.75) is 6.92 Å². The molecule has 0 spiro atoms. The second-order valence-electron chi connectivity index (χ2n) is 7.08. The summed E-state index contributed by atoms with van der Waals surface area (Å²) in [7, 11) is 1.53. The van der Waals surface area contributed by atoms with Crippen molar-refractivity contribution in [1.29, 1.82) is 0 Å². The summed E-state index contributed by atoms with van der Waals surface area (Å²) in [5, 5.41) is 5.32. The number of aryl methyl sites for hydroxylation is 1. The van der Waals surface area contributed by atoms with E-state index in [1.807, 2.05) is 19.1 Å². The Morgan fingerprint density at radius 1 is 1.00 bits per heavy atom. The zero-order valence-corrected chi connectivity index (χ0v) is 17.0. The van der Waals surface area contributed by atoms with Crippen LogP contribution in [0, 0.1) is 6.92 Å². The van der Waals surface area contributed by atoms with Crippen molar-refractivity contribution in [3.63, 3.8) is 0 Å². The van der Waals surface area contributed by atoms with E-state index in [0.29, 0.717) is 18.0 Å². The quantitative estimate of drug-likeness (QED) is 0.730. The monoisotopic (exact) mass is 396 g/mol. The Morgan fingerprint density at radius 3 is 2.41 bits per heavy atom. The summed E-state index contributed by atoms with van der Waals surface area (Å²) < 4.78 is 5.22. The van der Waals surface area contributed by atoms with Crippen molar-refractivity contribution >= 4 is 23.2 Å². The van der Waals surface area contributed by atoms with Crippen molar-refractivity contribution in [3.05, 3.63) is 54.1 Å². The van der Waals surface area contributed by atoms with Crippen LogP contribution < -0.4 is 20.3 Å². The third-order valence-electron chi connectivity index (χ3n) is 5.02. The lowest BCUT2D eigenvalue weighted by atomic mass is 10.2. The molecule has 7 nitrogen and oxygen atoms in total. The van der Waals surface area contributed by atoms with Crippen LogP contribution in [0.5, 0.6) is 5.75 Å². The topological polar surface area (TPSA) is 73.9 Å². The molecule has 0 saturated carbocycles. The molecule has 1 heterocycles. The van der Waals surface area contributed by atoms with E-state index in [9.17, 15) is 9.59 Å². The fourth-order valence-corrected chi connectivity index (χ4v) is 3.37. The summed E-state index contributed by atoms with van der Waals surface area (Å²) in [6, 6.07) is 15.8. The SMILES string of the molecule is COc1ccc(C)cc1NC(=O)C(=O)NCCN1CCN(c2ccccc2)CC1. The Morgan fingerprint density at radius 2 is 1.72 bits per heavy atom. The van der Waals surface area contributed by atoms with E-state index in [2.05, 4.69) is 44.7 Å². The highest BCUT2D eigenvalue weighted by atomic mass is 16.5. The Hall–Kier alpha value is -3.06. The van der Waals surface area contributed by atoms with Crippen molar-refractivity contribution < 1.29 is 14.3 Å². The Balaban J connectivity index is 1.40. The van der Waals surface area contributed by atoms with Gasteiger partial charge in [0, 0.05) is 45.0 Å². The minimum atomic E-state index is -0.692. The molecule has 0 radical (unpaired) electrons. The van der Waals surface area contributed by atoms with Gasteiger partial charge in [0.2, 0.25) is 0 Å². The van der Waals surface area contributed by atoms with E-state index in [1.54, 1.807) is 12.1 Å². The molecule has 1 saturated heterocycles. The van der Waals surface area contributed by atoms with E-state index >= 15 is 0 Å². The maximum Gasteiger partial charge on any atom is 0.313 e. The number of methoxy groups -OCH3 is 1. The van der Waals surface area contributed by atoms with Gasteiger partial charge in [0.15, 0.2) is 0 Å². The minimum Gasteiger partial charge on any atom is -0.495 e. The van der Waals surface area contributed by atoms with E-state index in [0.717, 1.165) is 38.3 Å². The minimum absolute atomic E-state index is 0.433. The van der Waals surface area contributed by atoms with Crippen LogP contribution in [-0.4, -0.2) is 63.1 Å². The number of piperazine rings is 1. The number of carbonyl (C=O) groups is 2. The molecule has 1 fully saturated rings. The van der Waals surface area contributed by atoms with E-state index in [4.69, 9.17) is 4.74 Å². The molecule has 29 heavy (non-hydrogen) atoms. The Kier molecular flexibility index (Phi) is 7.08. The molecule has 154 valence electrons. The van der Waals surface area contributed by atoms with Gasteiger partial charge in [0.05, 0.1) is 12.8 Å². The van der Waals surface area contributed by atoms with E-state index in [1.165, 1.54) is 12.8 Å². The third kappa shape index (κ3) is 5.71. The van der Waals surface area contributed by atoms with Crippen LogP contribution in [0.15, 0.2) is 48.5 Å². The number of rotatable bonds is 6. The van der Waals surface area contributed by atoms with Crippen LogP contribution >= 0.6 is 0 Å². The average Bonchev–Trinajstić information content (AvgIpc) is 2.75. The van der Waals surface area contributed by atoms with Gasteiger partial charge < -0.3 is 20.3 Å². The summed E-state index contributed by atoms with van der Waals surface area (Å²) in [6.45, 7) is 6.82. The lowest BCUT2D eigenvalue weighted by Gasteiger charge is -2.36. The van der Waals surface area contributed by atoms with Crippen molar-refractivity contribution in [2.75, 3.05) is 56.6 Å². The number of hydrogen-bond donors (Lipinski definition) is 2. The van der Waals surface area contributed by atoms with E-state index < -0.39 is 11.8 Å². The standard InChI is InChI=1S/C22H28N4O3/c1-17-8-9-20(29-2)19(16-17)24-22(28)21(27)23-10-11-25-12-14-26(15-13-25)18-6-4-3-5-7-18/h3-9,16H,10-15H2,1-2H3,(H,23,27)(H,24,28). The van der Waals surface area contributed by atoms with E-state index in [-0.39, 0.29) is 0 Å². The fraction of sp³-hybridized carbons (Fsp3) is 0.364. The highest BCUT2D eigenvalue weighted by Crippen LogP contribution is 2.25. The van der Waals surface area contributed by atoms with Crippen LogP contribution in [0.1, 0.15) is 5.56 Å². The number of benzene rings is 2. The third-order valence-corrected chi connectivity index (χ3v) is 5.02. The van der Waals surface area contributed by atoms with Crippen LogP contribution in [0.4, 0.5) is 11.4 Å². The second kappa shape index (κ2) is 9.93. The van der Waals surface area contributed by atoms with Gasteiger partial charge in [-0.1, -0.05) is 24.3 Å². The zero-order chi connectivity index (χ0) is 20.6. The largest absolute Gasteiger partial charge is 0.495 e. The lowest BCUT2D eigenvalue weighted by Crippen LogP contribution is -2.49. The summed E-state index contributed by atoms with van der Waals surface area (Å²) in [5.74, 6) is -0.813. The lowest BCUT2D eigenvalue weighted by molar-refractivity contribution is -0.136. The summed E-state index contributed by atoms with van der Waals surface area (Å²) >= 11 is 0. The molecular formula is C22H28N4O3. The molecule has 2 amide bonds. The zero-order valence-electron chi connectivity index (χ0n) is 17.0. The highest BCUT2D eigenvalue weighted by Gasteiger charge is 2.19. The van der Waals surface area contributed by atoms with Gasteiger partial charge in [0.25, 0.3) is 0 Å². The van der Waals surface area contributed by atoms with Gasteiger partial charge in [-0.25, -0.2) is 0 Å². The second-order valence-corrected chi connectivity index (χ2v) is 7.08. The first kappa shape index (κ1) is 20.7. The number of carbonyl (C=O) groups excluding carboxylic acids is 2. The maximum atomic E-state index is 12.2. The van der Waals surface area contributed by atoms with Crippen LogP contribution in [-0.2, 0) is 9.59 Å². The highest BCUT2D eigenvalue weighted by molar-refractivity contribution is 6.39.